The van der Waals surface area contributed by atoms with Crippen molar-refractivity contribution in [1.29, 1.82) is 0 Å². The number of aromatic amines is 1. The van der Waals surface area contributed by atoms with E-state index in [2.05, 4.69) is 23.8 Å². The SMILES string of the molecule is CC(C)c1ccccc1-n1c(SCc2nc3ccsc3c(=O)[nH]2)nc2ccccc2c1=O. The van der Waals surface area contributed by atoms with E-state index < -0.39 is 0 Å². The Morgan fingerprint density at radius 1 is 1.00 bits per heavy atom. The third kappa shape index (κ3) is 3.65. The molecular formula is C24H20N4O2S2. The summed E-state index contributed by atoms with van der Waals surface area (Å²) in [6, 6.07) is 17.1. The number of hydrogen-bond donors (Lipinski definition) is 1. The molecule has 0 aliphatic carbocycles. The molecule has 1 N–H and O–H groups in total. The third-order valence-electron chi connectivity index (χ3n) is 5.25. The van der Waals surface area contributed by atoms with E-state index in [1.807, 2.05) is 53.9 Å². The van der Waals surface area contributed by atoms with Crippen LogP contribution in [0.2, 0.25) is 0 Å². The normalized spacial score (nSPS) is 11.6. The first-order chi connectivity index (χ1) is 15.5. The number of aromatic nitrogens is 4. The van der Waals surface area contributed by atoms with Crippen LogP contribution >= 0.6 is 23.1 Å². The molecule has 32 heavy (non-hydrogen) atoms. The Morgan fingerprint density at radius 3 is 2.62 bits per heavy atom. The molecule has 0 aliphatic rings. The van der Waals surface area contributed by atoms with Crippen LogP contribution in [0.5, 0.6) is 0 Å². The zero-order valence-electron chi connectivity index (χ0n) is 17.5. The molecule has 160 valence electrons. The van der Waals surface area contributed by atoms with Gasteiger partial charge in [-0.1, -0.05) is 55.9 Å². The Bertz CT molecular complexity index is 1570. The summed E-state index contributed by atoms with van der Waals surface area (Å²) in [6.07, 6.45) is 0. The molecule has 0 fully saturated rings. The van der Waals surface area contributed by atoms with Gasteiger partial charge in [0, 0.05) is 0 Å². The number of nitrogens with zero attached hydrogens (tertiary/aromatic N) is 3. The van der Waals surface area contributed by atoms with Gasteiger partial charge in [0.25, 0.3) is 11.1 Å². The van der Waals surface area contributed by atoms with Gasteiger partial charge in [-0.2, -0.15) is 0 Å². The minimum absolute atomic E-state index is 0.110. The smallest absolute Gasteiger partial charge is 0.268 e. The average Bonchev–Trinajstić information content (AvgIpc) is 3.27. The number of nitrogens with one attached hydrogen (secondary N) is 1. The first-order valence-corrected chi connectivity index (χ1v) is 12.1. The zero-order chi connectivity index (χ0) is 22.2. The number of para-hydroxylation sites is 2. The second-order valence-corrected chi connectivity index (χ2v) is 9.56. The van der Waals surface area contributed by atoms with Crippen molar-refractivity contribution in [2.24, 2.45) is 0 Å². The number of benzene rings is 2. The Balaban J connectivity index is 1.65. The van der Waals surface area contributed by atoms with E-state index in [9.17, 15) is 9.59 Å². The number of rotatable bonds is 5. The molecule has 2 aromatic carbocycles. The van der Waals surface area contributed by atoms with Crippen LogP contribution < -0.4 is 11.1 Å². The quantitative estimate of drug-likeness (QED) is 0.292. The number of fused-ring (bicyclic) bond motifs is 2. The van der Waals surface area contributed by atoms with Gasteiger partial charge in [-0.25, -0.2) is 9.97 Å². The second-order valence-electron chi connectivity index (χ2n) is 7.70. The highest BCUT2D eigenvalue weighted by molar-refractivity contribution is 7.98. The fraction of sp³-hybridized carbons (Fsp3) is 0.167. The molecule has 0 unspecified atom stereocenters. The number of thioether (sulfide) groups is 1. The van der Waals surface area contributed by atoms with Crippen LogP contribution in [0, 0.1) is 0 Å². The van der Waals surface area contributed by atoms with Gasteiger partial charge >= 0.3 is 0 Å². The van der Waals surface area contributed by atoms with Crippen molar-refractivity contribution in [2.45, 2.75) is 30.7 Å². The summed E-state index contributed by atoms with van der Waals surface area (Å²) in [5.74, 6) is 1.17. The van der Waals surface area contributed by atoms with Gasteiger partial charge in [0.15, 0.2) is 5.16 Å². The molecule has 0 atom stereocenters. The predicted molar refractivity (Wildman–Crippen MR) is 131 cm³/mol. The first-order valence-electron chi connectivity index (χ1n) is 10.2. The second kappa shape index (κ2) is 8.37. The third-order valence-corrected chi connectivity index (χ3v) is 7.10. The molecule has 0 bridgehead atoms. The van der Waals surface area contributed by atoms with Gasteiger partial charge in [-0.05, 0) is 41.1 Å². The maximum absolute atomic E-state index is 13.6. The van der Waals surface area contributed by atoms with Crippen molar-refractivity contribution in [2.75, 3.05) is 0 Å². The molecule has 5 rings (SSSR count). The lowest BCUT2D eigenvalue weighted by Gasteiger charge is -2.18. The monoisotopic (exact) mass is 460 g/mol. The van der Waals surface area contributed by atoms with Gasteiger partial charge in [0.1, 0.15) is 10.5 Å². The molecule has 8 heteroatoms. The summed E-state index contributed by atoms with van der Waals surface area (Å²) in [4.78, 5) is 38.1. The molecule has 0 spiro atoms. The molecule has 3 heterocycles. The van der Waals surface area contributed by atoms with Crippen molar-refractivity contribution in [3.63, 3.8) is 0 Å². The lowest BCUT2D eigenvalue weighted by Crippen LogP contribution is -2.23. The summed E-state index contributed by atoms with van der Waals surface area (Å²) >= 11 is 2.76. The van der Waals surface area contributed by atoms with Gasteiger partial charge in [-0.15, -0.1) is 11.3 Å². The summed E-state index contributed by atoms with van der Waals surface area (Å²) in [6.45, 7) is 4.21. The van der Waals surface area contributed by atoms with E-state index in [1.165, 1.54) is 23.1 Å². The van der Waals surface area contributed by atoms with E-state index >= 15 is 0 Å². The van der Waals surface area contributed by atoms with Crippen molar-refractivity contribution in [3.05, 3.63) is 92.1 Å². The van der Waals surface area contributed by atoms with Gasteiger partial charge in [-0.3, -0.25) is 14.2 Å². The summed E-state index contributed by atoms with van der Waals surface area (Å²) in [7, 11) is 0. The van der Waals surface area contributed by atoms with Crippen LogP contribution in [0.15, 0.2) is 74.7 Å². The fourth-order valence-electron chi connectivity index (χ4n) is 3.72. The standard InChI is InChI=1S/C24H20N4O2S2/c1-14(2)15-7-4-6-10-19(15)28-23(30)16-8-3-5-9-17(16)26-24(28)32-13-20-25-18-11-12-31-21(18)22(29)27-20/h3-12,14H,13H2,1-2H3,(H,25,27,29). The minimum atomic E-state index is -0.144. The Hall–Kier alpha value is -3.23. The van der Waals surface area contributed by atoms with Crippen LogP contribution in [0.4, 0.5) is 0 Å². The van der Waals surface area contributed by atoms with Crippen molar-refractivity contribution in [3.8, 4) is 5.69 Å². The average molecular weight is 461 g/mol. The van der Waals surface area contributed by atoms with E-state index in [0.717, 1.165) is 11.3 Å². The van der Waals surface area contributed by atoms with Crippen LogP contribution in [-0.4, -0.2) is 19.5 Å². The Labute approximate surface area is 192 Å². The molecule has 3 aromatic heterocycles. The first kappa shape index (κ1) is 20.7. The van der Waals surface area contributed by atoms with Crippen LogP contribution in [0.1, 0.15) is 31.2 Å². The van der Waals surface area contributed by atoms with E-state index in [-0.39, 0.29) is 17.0 Å². The van der Waals surface area contributed by atoms with E-state index in [1.54, 1.807) is 10.6 Å². The Kier molecular flexibility index (Phi) is 5.40. The molecule has 6 nitrogen and oxygen atoms in total. The van der Waals surface area contributed by atoms with Crippen LogP contribution in [-0.2, 0) is 5.75 Å². The highest BCUT2D eigenvalue weighted by atomic mass is 32.2. The summed E-state index contributed by atoms with van der Waals surface area (Å²) in [5.41, 5.74) is 2.97. The highest BCUT2D eigenvalue weighted by Crippen LogP contribution is 2.28. The van der Waals surface area contributed by atoms with E-state index in [0.29, 0.717) is 37.9 Å². The molecular weight excluding hydrogens is 440 g/mol. The molecule has 5 aromatic rings. The molecule has 0 saturated carbocycles. The fourth-order valence-corrected chi connectivity index (χ4v) is 5.33. The minimum Gasteiger partial charge on any atom is -0.309 e. The molecule has 0 amide bonds. The molecule has 0 saturated heterocycles. The molecule has 0 radical (unpaired) electrons. The highest BCUT2D eigenvalue weighted by Gasteiger charge is 2.17. The number of thiophene rings is 1. The lowest BCUT2D eigenvalue weighted by molar-refractivity contribution is 0.780. The summed E-state index contributed by atoms with van der Waals surface area (Å²) < 4.78 is 2.30. The van der Waals surface area contributed by atoms with Crippen molar-refractivity contribution in [1.82, 2.24) is 19.5 Å². The van der Waals surface area contributed by atoms with Crippen LogP contribution in [0.3, 0.4) is 0 Å². The maximum Gasteiger partial charge on any atom is 0.268 e. The topological polar surface area (TPSA) is 80.6 Å². The van der Waals surface area contributed by atoms with Gasteiger partial charge in [0.2, 0.25) is 0 Å². The van der Waals surface area contributed by atoms with Crippen molar-refractivity contribution >= 4 is 44.2 Å². The van der Waals surface area contributed by atoms with Gasteiger partial charge in [0.05, 0.1) is 27.9 Å². The number of H-pyrrole nitrogens is 1. The Morgan fingerprint density at radius 2 is 1.78 bits per heavy atom. The van der Waals surface area contributed by atoms with E-state index in [4.69, 9.17) is 4.98 Å². The molecule has 0 aliphatic heterocycles. The summed E-state index contributed by atoms with van der Waals surface area (Å²) in [5, 5.41) is 2.99. The maximum atomic E-state index is 13.6. The van der Waals surface area contributed by atoms with Gasteiger partial charge < -0.3 is 4.98 Å². The largest absolute Gasteiger partial charge is 0.309 e. The number of hydrogen-bond acceptors (Lipinski definition) is 6. The zero-order valence-corrected chi connectivity index (χ0v) is 19.2. The predicted octanol–water partition coefficient (Wildman–Crippen LogP) is 5.10. The van der Waals surface area contributed by atoms with Crippen molar-refractivity contribution < 1.29 is 0 Å². The lowest BCUT2D eigenvalue weighted by atomic mass is 10.0. The van der Waals surface area contributed by atoms with Crippen LogP contribution in [0.25, 0.3) is 26.8 Å².